The number of carboxylic acid groups (broad SMARTS) is 1. The predicted octanol–water partition coefficient (Wildman–Crippen LogP) is -0.0677. The fraction of sp³-hybridized carbons (Fsp3) is 0.714. The lowest BCUT2D eigenvalue weighted by Crippen LogP contribution is -2.50. The molecule has 3 N–H and O–H groups in total. The van der Waals surface area contributed by atoms with Crippen molar-refractivity contribution in [3.05, 3.63) is 0 Å². The lowest BCUT2D eigenvalue weighted by molar-refractivity contribution is -0.143. The molecule has 22 heavy (non-hydrogen) atoms. The molecule has 0 radical (unpaired) electrons. The number of urea groups is 1. The fourth-order valence-electron chi connectivity index (χ4n) is 2.67. The van der Waals surface area contributed by atoms with Crippen LogP contribution in [-0.2, 0) is 14.4 Å². The predicted molar refractivity (Wildman–Crippen MR) is 75.8 cm³/mol. The number of nitrogens with one attached hydrogen (secondary N) is 2. The lowest BCUT2D eigenvalue weighted by Gasteiger charge is -2.22. The molecular weight excluding hydrogens is 290 g/mol. The van der Waals surface area contributed by atoms with E-state index in [1.165, 1.54) is 0 Å². The quantitative estimate of drug-likeness (QED) is 0.594. The van der Waals surface area contributed by atoms with E-state index in [0.717, 1.165) is 17.7 Å². The average molecular weight is 311 g/mol. The molecule has 2 aliphatic rings. The van der Waals surface area contributed by atoms with Gasteiger partial charge in [0.15, 0.2) is 0 Å². The number of carbonyl (C=O) groups is 4. The Kier molecular flexibility index (Phi) is 4.12. The Labute approximate surface area is 128 Å². The number of amides is 4. The van der Waals surface area contributed by atoms with Gasteiger partial charge in [0.1, 0.15) is 18.1 Å². The summed E-state index contributed by atoms with van der Waals surface area (Å²) >= 11 is 0. The van der Waals surface area contributed by atoms with Crippen LogP contribution in [0.4, 0.5) is 4.79 Å². The first-order valence-electron chi connectivity index (χ1n) is 7.33. The van der Waals surface area contributed by atoms with Crippen molar-refractivity contribution < 1.29 is 24.3 Å². The molecule has 4 amide bonds. The van der Waals surface area contributed by atoms with E-state index < -0.39 is 41.9 Å². The molecule has 8 heteroatoms. The molecule has 2 atom stereocenters. The van der Waals surface area contributed by atoms with Crippen LogP contribution in [0.5, 0.6) is 0 Å². The third-order valence-electron chi connectivity index (χ3n) is 4.25. The summed E-state index contributed by atoms with van der Waals surface area (Å²) in [5.41, 5.74) is -0.943. The van der Waals surface area contributed by atoms with Crippen LogP contribution in [0.1, 0.15) is 33.6 Å². The molecule has 1 heterocycles. The second-order valence-corrected chi connectivity index (χ2v) is 6.43. The maximum Gasteiger partial charge on any atom is 0.326 e. The van der Waals surface area contributed by atoms with Crippen LogP contribution in [0, 0.1) is 11.8 Å². The van der Waals surface area contributed by atoms with Gasteiger partial charge in [0.25, 0.3) is 5.91 Å². The van der Waals surface area contributed by atoms with E-state index in [0.29, 0.717) is 0 Å². The lowest BCUT2D eigenvalue weighted by atomic mass is 9.96. The number of carboxylic acids is 1. The molecule has 0 unspecified atom stereocenters. The summed E-state index contributed by atoms with van der Waals surface area (Å²) in [6.45, 7) is 4.52. The molecule has 0 aromatic rings. The Morgan fingerprint density at radius 3 is 2.45 bits per heavy atom. The largest absolute Gasteiger partial charge is 0.480 e. The molecule has 0 aromatic carbocycles. The van der Waals surface area contributed by atoms with Crippen molar-refractivity contribution in [1.82, 2.24) is 15.5 Å². The fourth-order valence-corrected chi connectivity index (χ4v) is 2.67. The third kappa shape index (κ3) is 2.90. The van der Waals surface area contributed by atoms with Gasteiger partial charge in [0.2, 0.25) is 5.91 Å². The molecule has 1 aliphatic heterocycles. The number of aliphatic carboxylic acids is 1. The maximum absolute atomic E-state index is 12.4. The second kappa shape index (κ2) is 5.58. The van der Waals surface area contributed by atoms with E-state index in [4.69, 9.17) is 5.11 Å². The summed E-state index contributed by atoms with van der Waals surface area (Å²) in [6.07, 6.45) is 1.74. The van der Waals surface area contributed by atoms with Gasteiger partial charge in [-0.05, 0) is 31.6 Å². The van der Waals surface area contributed by atoms with Crippen LogP contribution >= 0.6 is 0 Å². The number of imide groups is 1. The second-order valence-electron chi connectivity index (χ2n) is 6.43. The zero-order valence-electron chi connectivity index (χ0n) is 12.9. The van der Waals surface area contributed by atoms with Crippen molar-refractivity contribution in [2.45, 2.75) is 45.2 Å². The molecule has 1 saturated heterocycles. The van der Waals surface area contributed by atoms with Gasteiger partial charge in [-0.1, -0.05) is 13.8 Å². The zero-order valence-corrected chi connectivity index (χ0v) is 12.9. The molecule has 1 saturated carbocycles. The third-order valence-corrected chi connectivity index (χ3v) is 4.25. The Bertz CT molecular complexity index is 529. The summed E-state index contributed by atoms with van der Waals surface area (Å²) < 4.78 is 0. The van der Waals surface area contributed by atoms with E-state index in [9.17, 15) is 19.2 Å². The minimum absolute atomic E-state index is 0.111. The molecule has 2 rings (SSSR count). The highest BCUT2D eigenvalue weighted by Gasteiger charge is 2.56. The van der Waals surface area contributed by atoms with Crippen molar-refractivity contribution in [2.75, 3.05) is 6.54 Å². The van der Waals surface area contributed by atoms with Crippen LogP contribution in [0.3, 0.4) is 0 Å². The van der Waals surface area contributed by atoms with Gasteiger partial charge in [-0.2, -0.15) is 0 Å². The summed E-state index contributed by atoms with van der Waals surface area (Å²) in [6, 6.07) is -1.66. The van der Waals surface area contributed by atoms with Gasteiger partial charge in [0.05, 0.1) is 0 Å². The first-order chi connectivity index (χ1) is 10.2. The molecule has 1 aliphatic carbocycles. The minimum Gasteiger partial charge on any atom is -0.480 e. The van der Waals surface area contributed by atoms with Crippen molar-refractivity contribution in [1.29, 1.82) is 0 Å². The topological polar surface area (TPSA) is 116 Å². The van der Waals surface area contributed by atoms with Crippen LogP contribution in [0.15, 0.2) is 0 Å². The molecule has 2 fully saturated rings. The van der Waals surface area contributed by atoms with Crippen LogP contribution < -0.4 is 10.6 Å². The molecule has 0 bridgehead atoms. The first kappa shape index (κ1) is 16.3. The van der Waals surface area contributed by atoms with E-state index in [2.05, 4.69) is 10.6 Å². The number of nitrogens with zero attached hydrogens (tertiary/aromatic N) is 1. The smallest absolute Gasteiger partial charge is 0.326 e. The number of hydrogen-bond donors (Lipinski definition) is 3. The molecule has 122 valence electrons. The van der Waals surface area contributed by atoms with Crippen LogP contribution in [0.2, 0.25) is 0 Å². The normalized spacial score (nSPS) is 26.1. The molecule has 8 nitrogen and oxygen atoms in total. The van der Waals surface area contributed by atoms with Crippen molar-refractivity contribution in [3.63, 3.8) is 0 Å². The number of rotatable bonds is 6. The maximum atomic E-state index is 12.4. The van der Waals surface area contributed by atoms with E-state index in [1.54, 1.807) is 20.8 Å². The zero-order chi connectivity index (χ0) is 16.7. The summed E-state index contributed by atoms with van der Waals surface area (Å²) in [5.74, 6) is -2.43. The molecule has 0 spiro atoms. The Morgan fingerprint density at radius 1 is 1.41 bits per heavy atom. The van der Waals surface area contributed by atoms with E-state index in [-0.39, 0.29) is 11.8 Å². The first-order valence-corrected chi connectivity index (χ1v) is 7.33. The van der Waals surface area contributed by atoms with Gasteiger partial charge >= 0.3 is 12.0 Å². The highest BCUT2D eigenvalue weighted by Crippen LogP contribution is 2.42. The summed E-state index contributed by atoms with van der Waals surface area (Å²) in [4.78, 5) is 48.2. The monoisotopic (exact) mass is 311 g/mol. The van der Waals surface area contributed by atoms with Gasteiger partial charge in [0, 0.05) is 0 Å². The summed E-state index contributed by atoms with van der Waals surface area (Å²) in [5, 5.41) is 14.0. The van der Waals surface area contributed by atoms with Crippen LogP contribution in [0.25, 0.3) is 0 Å². The molecular formula is C14H21N3O5. The highest BCUT2D eigenvalue weighted by molar-refractivity contribution is 6.09. The highest BCUT2D eigenvalue weighted by atomic mass is 16.4. The average Bonchev–Trinajstić information content (AvgIpc) is 3.22. The Morgan fingerprint density at radius 2 is 2.00 bits per heavy atom. The van der Waals surface area contributed by atoms with Crippen molar-refractivity contribution in [2.24, 2.45) is 11.8 Å². The van der Waals surface area contributed by atoms with Crippen molar-refractivity contribution in [3.8, 4) is 0 Å². The Hall–Kier alpha value is -2.12. The minimum atomic E-state index is -1.15. The number of carbonyl (C=O) groups excluding carboxylic acids is 3. The van der Waals surface area contributed by atoms with E-state index >= 15 is 0 Å². The van der Waals surface area contributed by atoms with Gasteiger partial charge < -0.3 is 15.7 Å². The SMILES string of the molecule is CC(C)[C@H](NC(=O)CN1C(=O)N[C@@](C)(C2CC2)C1=O)C(=O)O. The van der Waals surface area contributed by atoms with E-state index in [1.807, 2.05) is 0 Å². The van der Waals surface area contributed by atoms with Gasteiger partial charge in [-0.15, -0.1) is 0 Å². The standard InChI is InChI=1S/C14H21N3O5/c1-7(2)10(11(19)20)15-9(18)6-17-12(21)14(3,8-4-5-8)16-13(17)22/h7-8,10H,4-6H2,1-3H3,(H,15,18)(H,16,22)(H,19,20)/t10-,14-/m0/s1. The molecule has 0 aromatic heterocycles. The number of hydrogen-bond acceptors (Lipinski definition) is 4. The summed E-state index contributed by atoms with van der Waals surface area (Å²) in [7, 11) is 0. The van der Waals surface area contributed by atoms with Crippen LogP contribution in [-0.4, -0.2) is 51.9 Å². The Balaban J connectivity index is 2.01. The van der Waals surface area contributed by atoms with Crippen molar-refractivity contribution >= 4 is 23.8 Å². The van der Waals surface area contributed by atoms with Gasteiger partial charge in [-0.3, -0.25) is 14.5 Å². The van der Waals surface area contributed by atoms with Gasteiger partial charge in [-0.25, -0.2) is 9.59 Å².